The van der Waals surface area contributed by atoms with Crippen molar-refractivity contribution in [1.29, 1.82) is 0 Å². The first-order valence-electron chi connectivity index (χ1n) is 13.0. The number of anilines is 1. The monoisotopic (exact) mass is 535 g/mol. The summed E-state index contributed by atoms with van der Waals surface area (Å²) in [5.41, 5.74) is 6.26. The van der Waals surface area contributed by atoms with Crippen molar-refractivity contribution in [2.45, 2.75) is 47.0 Å². The van der Waals surface area contributed by atoms with E-state index in [9.17, 15) is 19.8 Å². The second kappa shape index (κ2) is 13.5. The standard InChI is InChI=1S/C30H37N3O6/c1-5-32-25-12-9-20(14-18(25)3)29(24-15-19(4)26(33-6-2)17-27(24)34)23-16-21(10-11-22(23)30(36)37)38-13-7-8-28(35)39-31/h10-12,14-17,32-34H,5-9,13,31H2,1-4H3,(H,36,37)/b29-20+. The van der Waals surface area contributed by atoms with Gasteiger partial charge < -0.3 is 30.4 Å². The molecular formula is C30H37N3O6. The summed E-state index contributed by atoms with van der Waals surface area (Å²) in [6.45, 7) is 9.63. The molecule has 2 aromatic carbocycles. The predicted molar refractivity (Wildman–Crippen MR) is 152 cm³/mol. The topological polar surface area (TPSA) is 143 Å². The van der Waals surface area contributed by atoms with Gasteiger partial charge in [-0.3, -0.25) is 4.79 Å². The van der Waals surface area contributed by atoms with E-state index in [2.05, 4.69) is 21.5 Å². The van der Waals surface area contributed by atoms with Gasteiger partial charge in [-0.2, -0.15) is 5.90 Å². The molecule has 0 fully saturated rings. The quantitative estimate of drug-likeness (QED) is 0.186. The van der Waals surface area contributed by atoms with E-state index in [-0.39, 0.29) is 24.3 Å². The van der Waals surface area contributed by atoms with E-state index in [0.29, 0.717) is 41.8 Å². The number of aromatic hydroxyl groups is 1. The Morgan fingerprint density at radius 1 is 1.03 bits per heavy atom. The molecule has 0 spiro atoms. The number of carboxylic acid groups (broad SMARTS) is 1. The minimum Gasteiger partial charge on any atom is -0.507 e. The molecule has 9 heteroatoms. The van der Waals surface area contributed by atoms with Crippen LogP contribution in [0.3, 0.4) is 0 Å². The summed E-state index contributed by atoms with van der Waals surface area (Å²) in [5, 5.41) is 27.9. The number of carbonyl (C=O) groups is 2. The van der Waals surface area contributed by atoms with Crippen LogP contribution in [-0.4, -0.2) is 41.8 Å². The van der Waals surface area contributed by atoms with E-state index in [1.807, 2.05) is 39.8 Å². The Morgan fingerprint density at radius 2 is 1.77 bits per heavy atom. The molecule has 9 nitrogen and oxygen atoms in total. The molecule has 0 aromatic heterocycles. The molecule has 0 bridgehead atoms. The fraction of sp³-hybridized carbons (Fsp3) is 0.333. The third-order valence-electron chi connectivity index (χ3n) is 6.43. The van der Waals surface area contributed by atoms with Crippen molar-refractivity contribution < 1.29 is 29.4 Å². The van der Waals surface area contributed by atoms with Crippen LogP contribution in [0, 0.1) is 6.92 Å². The molecule has 0 unspecified atom stereocenters. The van der Waals surface area contributed by atoms with Crippen molar-refractivity contribution in [2.24, 2.45) is 5.90 Å². The average molecular weight is 536 g/mol. The molecule has 208 valence electrons. The number of allylic oxidation sites excluding steroid dienone is 4. The molecule has 0 heterocycles. The molecule has 0 radical (unpaired) electrons. The number of aromatic carboxylic acids is 1. The van der Waals surface area contributed by atoms with Gasteiger partial charge in [-0.1, -0.05) is 12.2 Å². The van der Waals surface area contributed by atoms with E-state index >= 15 is 0 Å². The summed E-state index contributed by atoms with van der Waals surface area (Å²) in [6.07, 6.45) is 5.11. The van der Waals surface area contributed by atoms with Gasteiger partial charge in [0.25, 0.3) is 0 Å². The predicted octanol–water partition coefficient (Wildman–Crippen LogP) is 5.05. The zero-order chi connectivity index (χ0) is 28.5. The maximum Gasteiger partial charge on any atom is 0.336 e. The Hall–Kier alpha value is -4.24. The number of hydrogen-bond acceptors (Lipinski definition) is 8. The Morgan fingerprint density at radius 3 is 2.41 bits per heavy atom. The molecule has 3 rings (SSSR count). The molecule has 0 saturated heterocycles. The number of ether oxygens (including phenoxy) is 1. The van der Waals surface area contributed by atoms with Crippen molar-refractivity contribution >= 4 is 23.2 Å². The van der Waals surface area contributed by atoms with Gasteiger partial charge in [-0.25, -0.2) is 4.79 Å². The molecule has 1 aliphatic rings. The van der Waals surface area contributed by atoms with Crippen molar-refractivity contribution in [2.75, 3.05) is 25.0 Å². The molecule has 6 N–H and O–H groups in total. The summed E-state index contributed by atoms with van der Waals surface area (Å²) < 4.78 is 5.85. The lowest BCUT2D eigenvalue weighted by molar-refractivity contribution is -0.144. The Bertz CT molecular complexity index is 1330. The van der Waals surface area contributed by atoms with Crippen LogP contribution in [0.2, 0.25) is 0 Å². The number of rotatable bonds is 12. The molecule has 0 atom stereocenters. The summed E-state index contributed by atoms with van der Waals surface area (Å²) in [7, 11) is 0. The molecule has 2 aromatic rings. The van der Waals surface area contributed by atoms with Crippen molar-refractivity contribution in [3.63, 3.8) is 0 Å². The highest BCUT2D eigenvalue weighted by Gasteiger charge is 2.23. The molecule has 0 aliphatic heterocycles. The minimum atomic E-state index is -1.10. The van der Waals surface area contributed by atoms with Crippen LogP contribution < -0.4 is 21.3 Å². The molecular weight excluding hydrogens is 498 g/mol. The van der Waals surface area contributed by atoms with Crippen LogP contribution in [-0.2, 0) is 9.63 Å². The second-order valence-corrected chi connectivity index (χ2v) is 9.25. The summed E-state index contributed by atoms with van der Waals surface area (Å²) in [4.78, 5) is 27.9. The van der Waals surface area contributed by atoms with Crippen LogP contribution in [0.15, 0.2) is 59.3 Å². The van der Waals surface area contributed by atoms with Gasteiger partial charge in [0.2, 0.25) is 0 Å². The number of aryl methyl sites for hydroxylation is 1. The summed E-state index contributed by atoms with van der Waals surface area (Å²) in [6, 6.07) is 8.30. The van der Waals surface area contributed by atoms with Crippen LogP contribution in [0.5, 0.6) is 11.5 Å². The van der Waals surface area contributed by atoms with E-state index in [1.165, 1.54) is 6.07 Å². The molecule has 0 saturated carbocycles. The van der Waals surface area contributed by atoms with Crippen molar-refractivity contribution in [3.05, 3.63) is 81.6 Å². The third kappa shape index (κ3) is 7.20. The number of benzene rings is 2. The first kappa shape index (κ1) is 29.3. The van der Waals surface area contributed by atoms with Gasteiger partial charge in [-0.05, 0) is 87.1 Å². The Balaban J connectivity index is 2.19. The largest absolute Gasteiger partial charge is 0.507 e. The van der Waals surface area contributed by atoms with Gasteiger partial charge in [0, 0.05) is 41.7 Å². The highest BCUT2D eigenvalue weighted by molar-refractivity contribution is 5.99. The maximum atomic E-state index is 12.4. The zero-order valence-corrected chi connectivity index (χ0v) is 22.9. The number of nitrogens with two attached hydrogens (primary N) is 1. The minimum absolute atomic E-state index is 0.0366. The van der Waals surface area contributed by atoms with E-state index in [1.54, 1.807) is 18.2 Å². The lowest BCUT2D eigenvalue weighted by atomic mass is 9.85. The normalized spacial score (nSPS) is 14.2. The summed E-state index contributed by atoms with van der Waals surface area (Å²) in [5.74, 6) is 3.73. The SMILES string of the molecule is CCNC1=CC/C(=C(\c2cc(C)c(NCC)cc2O)c2cc(OCCCC(=O)ON)ccc2C(=O)O)C=C1C. The van der Waals surface area contributed by atoms with Gasteiger partial charge in [0.1, 0.15) is 11.5 Å². The molecule has 1 aliphatic carbocycles. The fourth-order valence-electron chi connectivity index (χ4n) is 4.59. The van der Waals surface area contributed by atoms with Gasteiger partial charge >= 0.3 is 11.9 Å². The van der Waals surface area contributed by atoms with Gasteiger partial charge in [0.05, 0.1) is 18.6 Å². The third-order valence-corrected chi connectivity index (χ3v) is 6.43. The Kier molecular flexibility index (Phi) is 10.2. The van der Waals surface area contributed by atoms with Crippen molar-refractivity contribution in [1.82, 2.24) is 5.32 Å². The Labute approximate surface area is 229 Å². The van der Waals surface area contributed by atoms with Gasteiger partial charge in [-0.15, -0.1) is 0 Å². The van der Waals surface area contributed by atoms with E-state index in [4.69, 9.17) is 10.6 Å². The number of nitrogens with one attached hydrogen (secondary N) is 2. The number of carboxylic acids is 1. The second-order valence-electron chi connectivity index (χ2n) is 9.25. The van der Waals surface area contributed by atoms with Crippen LogP contribution in [0.4, 0.5) is 5.69 Å². The number of phenolic OH excluding ortho intramolecular Hbond substituents is 1. The van der Waals surface area contributed by atoms with Crippen LogP contribution in [0.1, 0.15) is 67.1 Å². The number of carbonyl (C=O) groups excluding carboxylic acids is 1. The average Bonchev–Trinajstić information content (AvgIpc) is 2.91. The maximum absolute atomic E-state index is 12.4. The summed E-state index contributed by atoms with van der Waals surface area (Å²) >= 11 is 0. The molecule has 39 heavy (non-hydrogen) atoms. The lowest BCUT2D eigenvalue weighted by Crippen LogP contribution is -2.15. The lowest BCUT2D eigenvalue weighted by Gasteiger charge is -2.23. The van der Waals surface area contributed by atoms with E-state index in [0.717, 1.165) is 34.6 Å². The highest BCUT2D eigenvalue weighted by atomic mass is 16.7. The highest BCUT2D eigenvalue weighted by Crippen LogP contribution is 2.41. The van der Waals surface area contributed by atoms with Gasteiger partial charge in [0.15, 0.2) is 0 Å². The number of hydrogen-bond donors (Lipinski definition) is 5. The first-order chi connectivity index (χ1) is 18.7. The van der Waals surface area contributed by atoms with Crippen LogP contribution >= 0.6 is 0 Å². The first-order valence-corrected chi connectivity index (χ1v) is 13.0. The smallest absolute Gasteiger partial charge is 0.336 e. The number of phenols is 1. The fourth-order valence-corrected chi connectivity index (χ4v) is 4.59. The zero-order valence-electron chi connectivity index (χ0n) is 22.9. The van der Waals surface area contributed by atoms with E-state index < -0.39 is 11.9 Å². The number of likely N-dealkylation sites (N-methyl/N-ethyl adjacent to an activating group) is 1. The van der Waals surface area contributed by atoms with Crippen LogP contribution in [0.25, 0.3) is 5.57 Å². The van der Waals surface area contributed by atoms with Crippen molar-refractivity contribution in [3.8, 4) is 11.5 Å². The molecule has 0 amide bonds.